The van der Waals surface area contributed by atoms with Gasteiger partial charge in [-0.15, -0.1) is 5.21 Å². The van der Waals surface area contributed by atoms with Gasteiger partial charge in [-0.25, -0.2) is 0 Å². The summed E-state index contributed by atoms with van der Waals surface area (Å²) in [6.07, 6.45) is 0. The molecule has 0 radical (unpaired) electrons. The third-order valence-electron chi connectivity index (χ3n) is 2.43. The molecule has 0 spiro atoms. The Morgan fingerprint density at radius 1 is 1.11 bits per heavy atom. The molecule has 90 valence electrons. The smallest absolute Gasteiger partial charge is 0.134 e. The first-order valence-corrected chi connectivity index (χ1v) is 5.47. The maximum absolute atomic E-state index is 5.69. The molecule has 3 rings (SSSR count). The molecular formula is C12H10N5O-. The molecule has 0 aliphatic rings. The quantitative estimate of drug-likeness (QED) is 0.760. The van der Waals surface area contributed by atoms with E-state index >= 15 is 0 Å². The molecule has 0 aliphatic carbocycles. The van der Waals surface area contributed by atoms with Gasteiger partial charge in [-0.3, -0.25) is 15.4 Å². The molecule has 2 aromatic heterocycles. The van der Waals surface area contributed by atoms with Gasteiger partial charge in [0.25, 0.3) is 0 Å². The van der Waals surface area contributed by atoms with Crippen molar-refractivity contribution in [3.8, 4) is 11.3 Å². The van der Waals surface area contributed by atoms with Gasteiger partial charge in [0.15, 0.2) is 0 Å². The van der Waals surface area contributed by atoms with Crippen molar-refractivity contribution in [1.82, 2.24) is 20.6 Å². The molecule has 6 heteroatoms. The topological polar surface area (TPSA) is 81.7 Å². The zero-order valence-electron chi connectivity index (χ0n) is 9.45. The average molecular weight is 240 g/mol. The third-order valence-corrected chi connectivity index (χ3v) is 2.43. The summed E-state index contributed by atoms with van der Waals surface area (Å²) in [6, 6.07) is 13.7. The van der Waals surface area contributed by atoms with Crippen molar-refractivity contribution in [1.29, 1.82) is 0 Å². The minimum atomic E-state index is 0.327. The van der Waals surface area contributed by atoms with Gasteiger partial charge in [0.2, 0.25) is 0 Å². The lowest BCUT2D eigenvalue weighted by Crippen LogP contribution is -1.79. The summed E-state index contributed by atoms with van der Waals surface area (Å²) in [5.41, 5.74) is 1.04. The van der Waals surface area contributed by atoms with Gasteiger partial charge in [0, 0.05) is 12.1 Å². The van der Waals surface area contributed by atoms with Crippen LogP contribution >= 0.6 is 0 Å². The van der Waals surface area contributed by atoms with Gasteiger partial charge in [-0.2, -0.15) is 0 Å². The number of aromatic nitrogens is 4. The molecule has 1 aromatic carbocycles. The van der Waals surface area contributed by atoms with Gasteiger partial charge >= 0.3 is 0 Å². The van der Waals surface area contributed by atoms with Gasteiger partial charge < -0.3 is 9.73 Å². The van der Waals surface area contributed by atoms with E-state index in [9.17, 15) is 0 Å². The van der Waals surface area contributed by atoms with Crippen molar-refractivity contribution in [2.75, 3.05) is 0 Å². The Bertz CT molecular complexity index is 602. The first-order chi connectivity index (χ1) is 8.92. The van der Waals surface area contributed by atoms with Crippen molar-refractivity contribution in [3.63, 3.8) is 0 Å². The van der Waals surface area contributed by atoms with E-state index in [1.54, 1.807) is 0 Å². The second-order valence-corrected chi connectivity index (χ2v) is 3.66. The van der Waals surface area contributed by atoms with Crippen LogP contribution in [0, 0.1) is 0 Å². The van der Waals surface area contributed by atoms with Crippen LogP contribution in [-0.2, 0) is 6.54 Å². The Morgan fingerprint density at radius 2 is 2.00 bits per heavy atom. The monoisotopic (exact) mass is 240 g/mol. The standard InChI is InChI=1S/C12H10N5O/c1-2-4-9(5-3-1)11-7-6-10(18-11)8-13-12-14-16-17-15-12/h1-7H,8H2,(H-,13,14,15,16,17)/q-1. The molecule has 0 bridgehead atoms. The minimum absolute atomic E-state index is 0.327. The summed E-state index contributed by atoms with van der Waals surface area (Å²) in [5, 5.41) is 17.4. The lowest BCUT2D eigenvalue weighted by atomic mass is 10.2. The highest BCUT2D eigenvalue weighted by Crippen LogP contribution is 2.23. The fraction of sp³-hybridized carbons (Fsp3) is 0.0833. The molecule has 18 heavy (non-hydrogen) atoms. The lowest BCUT2D eigenvalue weighted by Gasteiger charge is -2.03. The summed E-state index contributed by atoms with van der Waals surface area (Å²) in [6.45, 7) is 0.395. The highest BCUT2D eigenvalue weighted by atomic mass is 16.3. The van der Waals surface area contributed by atoms with Crippen molar-refractivity contribution in [3.05, 3.63) is 53.5 Å². The van der Waals surface area contributed by atoms with Crippen LogP contribution in [0.3, 0.4) is 0 Å². The van der Waals surface area contributed by atoms with Gasteiger partial charge in [0.1, 0.15) is 11.5 Å². The molecule has 2 heterocycles. The largest absolute Gasteiger partial charge is 0.461 e. The normalized spacial score (nSPS) is 10.4. The fourth-order valence-electron chi connectivity index (χ4n) is 1.59. The second kappa shape index (κ2) is 4.70. The van der Waals surface area contributed by atoms with Gasteiger partial charge in [0.05, 0.1) is 5.95 Å². The van der Waals surface area contributed by atoms with Crippen LogP contribution < -0.4 is 0 Å². The van der Waals surface area contributed by atoms with E-state index in [1.165, 1.54) is 0 Å². The number of nitrogens with one attached hydrogen (secondary N) is 1. The summed E-state index contributed by atoms with van der Waals surface area (Å²) in [5.74, 6) is 1.92. The predicted octanol–water partition coefficient (Wildman–Crippen LogP) is 2.67. The highest BCUT2D eigenvalue weighted by molar-refractivity contribution is 5.57. The lowest BCUT2D eigenvalue weighted by molar-refractivity contribution is 0.534. The highest BCUT2D eigenvalue weighted by Gasteiger charge is 2.03. The number of benzene rings is 1. The molecule has 0 amide bonds. The van der Waals surface area contributed by atoms with E-state index in [0.29, 0.717) is 12.5 Å². The fourth-order valence-corrected chi connectivity index (χ4v) is 1.59. The van der Waals surface area contributed by atoms with Crippen LogP contribution in [0.2, 0.25) is 0 Å². The summed E-state index contributed by atoms with van der Waals surface area (Å²) in [7, 11) is 0. The van der Waals surface area contributed by atoms with Crippen LogP contribution in [0.15, 0.2) is 46.9 Å². The maximum atomic E-state index is 5.69. The Morgan fingerprint density at radius 3 is 2.78 bits per heavy atom. The number of H-pyrrole nitrogens is 1. The van der Waals surface area contributed by atoms with Crippen LogP contribution in [0.5, 0.6) is 0 Å². The van der Waals surface area contributed by atoms with Crippen molar-refractivity contribution < 1.29 is 4.42 Å². The molecule has 0 atom stereocenters. The van der Waals surface area contributed by atoms with Crippen LogP contribution in [0.4, 0.5) is 5.95 Å². The van der Waals surface area contributed by atoms with Crippen molar-refractivity contribution in [2.45, 2.75) is 6.54 Å². The van der Waals surface area contributed by atoms with E-state index in [1.807, 2.05) is 42.5 Å². The molecular weight excluding hydrogens is 230 g/mol. The number of nitrogens with zero attached hydrogens (tertiary/aromatic N) is 4. The molecule has 0 aliphatic heterocycles. The summed E-state index contributed by atoms with van der Waals surface area (Å²) in [4.78, 5) is 0. The molecule has 6 nitrogen and oxygen atoms in total. The number of hydrogen-bond donors (Lipinski definition) is 1. The van der Waals surface area contributed by atoms with E-state index in [2.05, 4.69) is 25.9 Å². The molecule has 0 unspecified atom stereocenters. The van der Waals surface area contributed by atoms with Gasteiger partial charge in [-0.05, 0) is 12.1 Å². The zero-order valence-corrected chi connectivity index (χ0v) is 9.45. The second-order valence-electron chi connectivity index (χ2n) is 3.66. The SMILES string of the molecule is c1ccc(-c2ccc(C[N-]c3nn[nH]n3)o2)cc1. The Kier molecular flexibility index (Phi) is 2.75. The molecule has 0 fully saturated rings. The predicted molar refractivity (Wildman–Crippen MR) is 65.0 cm³/mol. The van der Waals surface area contributed by atoms with Gasteiger partial charge in [-0.1, -0.05) is 30.3 Å². The minimum Gasteiger partial charge on any atom is -0.461 e. The Hall–Kier alpha value is -2.63. The van der Waals surface area contributed by atoms with E-state index < -0.39 is 0 Å². The van der Waals surface area contributed by atoms with Crippen molar-refractivity contribution in [2.24, 2.45) is 0 Å². The van der Waals surface area contributed by atoms with Crippen LogP contribution in [0.1, 0.15) is 5.76 Å². The molecule has 0 saturated heterocycles. The number of hydrogen-bond acceptors (Lipinski definition) is 4. The number of aromatic amines is 1. The first-order valence-electron chi connectivity index (χ1n) is 5.47. The van der Waals surface area contributed by atoms with Crippen LogP contribution in [-0.4, -0.2) is 20.6 Å². The maximum Gasteiger partial charge on any atom is 0.134 e. The van der Waals surface area contributed by atoms with E-state index in [4.69, 9.17) is 4.42 Å². The summed E-state index contributed by atoms with van der Waals surface area (Å²) < 4.78 is 5.69. The molecule has 0 saturated carbocycles. The number of tetrazole rings is 1. The Labute approximate surface area is 103 Å². The zero-order chi connectivity index (χ0) is 12.2. The Balaban J connectivity index is 1.70. The first kappa shape index (κ1) is 10.5. The number of rotatable bonds is 4. The average Bonchev–Trinajstić information content (AvgIpc) is 3.09. The van der Waals surface area contributed by atoms with E-state index in [-0.39, 0.29) is 0 Å². The molecule has 1 N–H and O–H groups in total. The van der Waals surface area contributed by atoms with Crippen LogP contribution in [0.25, 0.3) is 16.6 Å². The molecule has 3 aromatic rings. The van der Waals surface area contributed by atoms with Crippen molar-refractivity contribution >= 4 is 5.95 Å². The van der Waals surface area contributed by atoms with E-state index in [0.717, 1.165) is 17.1 Å². The third kappa shape index (κ3) is 2.22. The number of furan rings is 1. The summed E-state index contributed by atoms with van der Waals surface area (Å²) >= 11 is 0.